The number of ether oxygens (including phenoxy) is 1. The summed E-state index contributed by atoms with van der Waals surface area (Å²) in [6, 6.07) is 15.6. The fraction of sp³-hybridized carbons (Fsp3) is 0.143. The van der Waals surface area contributed by atoms with E-state index >= 15 is 0 Å². The van der Waals surface area contributed by atoms with E-state index in [1.54, 1.807) is 0 Å². The number of nitrogens with two attached hydrogens (primary N) is 1. The van der Waals surface area contributed by atoms with E-state index in [0.717, 1.165) is 21.9 Å². The molecule has 0 radical (unpaired) electrons. The van der Waals surface area contributed by atoms with Gasteiger partial charge in [0.05, 0.1) is 0 Å². The summed E-state index contributed by atoms with van der Waals surface area (Å²) >= 11 is 5.97. The molecule has 0 heterocycles. The maximum Gasteiger partial charge on any atom is 0.119 e. The van der Waals surface area contributed by atoms with E-state index in [1.165, 1.54) is 0 Å². The minimum Gasteiger partial charge on any atom is -0.492 e. The van der Waals surface area contributed by atoms with Gasteiger partial charge in [0.15, 0.2) is 0 Å². The Morgan fingerprint density at radius 2 is 1.71 bits per heavy atom. The number of halogens is 1. The Kier molecular flexibility index (Phi) is 4.02. The van der Waals surface area contributed by atoms with Crippen LogP contribution in [0.5, 0.6) is 5.75 Å². The molecule has 88 valence electrons. The van der Waals surface area contributed by atoms with Gasteiger partial charge in [-0.3, -0.25) is 0 Å². The Morgan fingerprint density at radius 3 is 2.41 bits per heavy atom. The average molecular weight is 248 g/mol. The summed E-state index contributed by atoms with van der Waals surface area (Å²) in [6.45, 7) is 1.04. The first-order valence-electron chi connectivity index (χ1n) is 5.48. The zero-order valence-corrected chi connectivity index (χ0v) is 10.2. The first-order valence-corrected chi connectivity index (χ1v) is 5.86. The molecule has 0 unspecified atom stereocenters. The SMILES string of the molecule is NCCOc1cccc(-c2cccc(Cl)c2)c1. The lowest BCUT2D eigenvalue weighted by atomic mass is 10.1. The molecule has 0 amide bonds. The van der Waals surface area contributed by atoms with E-state index in [4.69, 9.17) is 22.1 Å². The molecular formula is C14H14ClNO. The average Bonchev–Trinajstić information content (AvgIpc) is 2.37. The zero-order valence-electron chi connectivity index (χ0n) is 9.40. The van der Waals surface area contributed by atoms with Gasteiger partial charge < -0.3 is 10.5 Å². The van der Waals surface area contributed by atoms with Crippen LogP contribution in [0.1, 0.15) is 0 Å². The lowest BCUT2D eigenvalue weighted by Crippen LogP contribution is -2.10. The third-order valence-corrected chi connectivity index (χ3v) is 2.61. The number of hydrogen-bond donors (Lipinski definition) is 1. The topological polar surface area (TPSA) is 35.2 Å². The second kappa shape index (κ2) is 5.71. The summed E-state index contributed by atoms with van der Waals surface area (Å²) in [4.78, 5) is 0. The highest BCUT2D eigenvalue weighted by Gasteiger charge is 2.00. The molecule has 0 aromatic heterocycles. The fourth-order valence-electron chi connectivity index (χ4n) is 1.61. The predicted octanol–water partition coefficient (Wildman–Crippen LogP) is 3.34. The normalized spacial score (nSPS) is 10.2. The summed E-state index contributed by atoms with van der Waals surface area (Å²) < 4.78 is 5.49. The molecule has 0 aliphatic rings. The van der Waals surface area contributed by atoms with Crippen LogP contribution in [0.3, 0.4) is 0 Å². The summed E-state index contributed by atoms with van der Waals surface area (Å²) in [5.41, 5.74) is 7.57. The van der Waals surface area contributed by atoms with Gasteiger partial charge in [-0.05, 0) is 35.4 Å². The van der Waals surface area contributed by atoms with Crippen LogP contribution < -0.4 is 10.5 Å². The second-order valence-corrected chi connectivity index (χ2v) is 4.11. The zero-order chi connectivity index (χ0) is 12.1. The van der Waals surface area contributed by atoms with Gasteiger partial charge in [0.25, 0.3) is 0 Å². The highest BCUT2D eigenvalue weighted by atomic mass is 35.5. The lowest BCUT2D eigenvalue weighted by molar-refractivity contribution is 0.328. The Morgan fingerprint density at radius 1 is 1.00 bits per heavy atom. The number of rotatable bonds is 4. The highest BCUT2D eigenvalue weighted by molar-refractivity contribution is 6.30. The van der Waals surface area contributed by atoms with Crippen molar-refractivity contribution in [2.75, 3.05) is 13.2 Å². The van der Waals surface area contributed by atoms with Crippen LogP contribution in [0.15, 0.2) is 48.5 Å². The van der Waals surface area contributed by atoms with Crippen LogP contribution in [-0.2, 0) is 0 Å². The standard InChI is InChI=1S/C14H14ClNO/c15-13-5-1-3-11(9-13)12-4-2-6-14(10-12)17-8-7-16/h1-6,9-10H,7-8,16H2. The minimum atomic E-state index is 0.515. The van der Waals surface area contributed by atoms with E-state index in [0.29, 0.717) is 13.2 Å². The largest absolute Gasteiger partial charge is 0.492 e. The minimum absolute atomic E-state index is 0.515. The molecule has 2 aromatic carbocycles. The van der Waals surface area contributed by atoms with Gasteiger partial charge in [-0.25, -0.2) is 0 Å². The van der Waals surface area contributed by atoms with Crippen molar-refractivity contribution in [3.63, 3.8) is 0 Å². The molecule has 2 rings (SSSR count). The Balaban J connectivity index is 2.26. The van der Waals surface area contributed by atoms with Crippen molar-refractivity contribution in [2.24, 2.45) is 5.73 Å². The Bertz CT molecular complexity index is 499. The van der Waals surface area contributed by atoms with Gasteiger partial charge in [0.1, 0.15) is 12.4 Å². The van der Waals surface area contributed by atoms with Gasteiger partial charge in [0.2, 0.25) is 0 Å². The molecule has 0 fully saturated rings. The number of benzene rings is 2. The maximum absolute atomic E-state index is 5.97. The van der Waals surface area contributed by atoms with Crippen LogP contribution in [0, 0.1) is 0 Å². The molecule has 0 atom stereocenters. The summed E-state index contributed by atoms with van der Waals surface area (Å²) in [5, 5.41) is 0.732. The third-order valence-electron chi connectivity index (χ3n) is 2.38. The summed E-state index contributed by atoms with van der Waals surface area (Å²) in [5.74, 6) is 0.827. The van der Waals surface area contributed by atoms with Crippen LogP contribution in [0.25, 0.3) is 11.1 Å². The summed E-state index contributed by atoms with van der Waals surface area (Å²) in [7, 11) is 0. The smallest absolute Gasteiger partial charge is 0.119 e. The number of hydrogen-bond acceptors (Lipinski definition) is 2. The Hall–Kier alpha value is -1.51. The lowest BCUT2D eigenvalue weighted by Gasteiger charge is -2.07. The van der Waals surface area contributed by atoms with Crippen molar-refractivity contribution >= 4 is 11.6 Å². The molecule has 0 spiro atoms. The Labute approximate surface area is 106 Å². The molecule has 2 aromatic rings. The van der Waals surface area contributed by atoms with E-state index in [2.05, 4.69) is 0 Å². The molecule has 3 heteroatoms. The molecular weight excluding hydrogens is 234 g/mol. The monoisotopic (exact) mass is 247 g/mol. The van der Waals surface area contributed by atoms with Gasteiger partial charge >= 0.3 is 0 Å². The van der Waals surface area contributed by atoms with Crippen molar-refractivity contribution < 1.29 is 4.74 Å². The van der Waals surface area contributed by atoms with Gasteiger partial charge in [0, 0.05) is 11.6 Å². The van der Waals surface area contributed by atoms with E-state index in [-0.39, 0.29) is 0 Å². The molecule has 2 N–H and O–H groups in total. The van der Waals surface area contributed by atoms with Gasteiger partial charge in [-0.15, -0.1) is 0 Å². The van der Waals surface area contributed by atoms with E-state index < -0.39 is 0 Å². The van der Waals surface area contributed by atoms with E-state index in [1.807, 2.05) is 48.5 Å². The fourth-order valence-corrected chi connectivity index (χ4v) is 1.80. The van der Waals surface area contributed by atoms with Crippen molar-refractivity contribution in [1.29, 1.82) is 0 Å². The molecule has 0 saturated heterocycles. The molecule has 0 aliphatic carbocycles. The van der Waals surface area contributed by atoms with Crippen molar-refractivity contribution in [3.05, 3.63) is 53.6 Å². The third kappa shape index (κ3) is 3.22. The molecule has 17 heavy (non-hydrogen) atoms. The summed E-state index contributed by atoms with van der Waals surface area (Å²) in [6.07, 6.45) is 0. The molecule has 2 nitrogen and oxygen atoms in total. The quantitative estimate of drug-likeness (QED) is 0.899. The highest BCUT2D eigenvalue weighted by Crippen LogP contribution is 2.25. The molecule has 0 bridgehead atoms. The maximum atomic E-state index is 5.97. The molecule has 0 aliphatic heterocycles. The van der Waals surface area contributed by atoms with Crippen molar-refractivity contribution in [2.45, 2.75) is 0 Å². The van der Waals surface area contributed by atoms with Crippen LogP contribution in [0.4, 0.5) is 0 Å². The van der Waals surface area contributed by atoms with Crippen LogP contribution >= 0.6 is 11.6 Å². The van der Waals surface area contributed by atoms with Crippen LogP contribution in [0.2, 0.25) is 5.02 Å². The van der Waals surface area contributed by atoms with Crippen LogP contribution in [-0.4, -0.2) is 13.2 Å². The van der Waals surface area contributed by atoms with Crippen molar-refractivity contribution in [3.8, 4) is 16.9 Å². The predicted molar refractivity (Wildman–Crippen MR) is 71.4 cm³/mol. The van der Waals surface area contributed by atoms with Gasteiger partial charge in [-0.2, -0.15) is 0 Å². The molecule has 0 saturated carbocycles. The first kappa shape index (κ1) is 12.0. The van der Waals surface area contributed by atoms with Gasteiger partial charge in [-0.1, -0.05) is 35.9 Å². The van der Waals surface area contributed by atoms with E-state index in [9.17, 15) is 0 Å². The van der Waals surface area contributed by atoms with Crippen molar-refractivity contribution in [1.82, 2.24) is 0 Å². The first-order chi connectivity index (χ1) is 8.29. The second-order valence-electron chi connectivity index (χ2n) is 3.68.